The summed E-state index contributed by atoms with van der Waals surface area (Å²) in [7, 11) is 0. The molecule has 0 spiro atoms. The molecule has 0 aliphatic heterocycles. The second kappa shape index (κ2) is 4.89. The highest BCUT2D eigenvalue weighted by atomic mass is 16.4. The molecule has 1 aromatic rings. The average molecular weight is 211 g/mol. The van der Waals surface area contributed by atoms with Crippen LogP contribution in [0.5, 0.6) is 0 Å². The van der Waals surface area contributed by atoms with E-state index in [1.54, 1.807) is 0 Å². The molecule has 1 rings (SSSR count). The van der Waals surface area contributed by atoms with Crippen molar-refractivity contribution in [2.24, 2.45) is 0 Å². The van der Waals surface area contributed by atoms with Gasteiger partial charge in [0.2, 0.25) is 0 Å². The first-order valence-corrected chi connectivity index (χ1v) is 4.10. The first-order valence-electron chi connectivity index (χ1n) is 4.10. The molecular weight excluding hydrogens is 202 g/mol. The van der Waals surface area contributed by atoms with Crippen LogP contribution in [0.3, 0.4) is 0 Å². The number of carboxylic acids is 2. The van der Waals surface area contributed by atoms with E-state index < -0.39 is 11.9 Å². The highest BCUT2D eigenvalue weighted by Gasteiger charge is 2.04. The molecule has 0 fully saturated rings. The number of nitrogens with one attached hydrogen (secondary N) is 1. The number of anilines is 1. The van der Waals surface area contributed by atoms with Gasteiger partial charge in [-0.05, 0) is 0 Å². The SMILES string of the molecule is O=C(O)CCNc1cnc(C(=O)O)cn1. The second-order valence-electron chi connectivity index (χ2n) is 2.66. The molecule has 1 heterocycles. The molecule has 15 heavy (non-hydrogen) atoms. The Morgan fingerprint density at radius 2 is 2.00 bits per heavy atom. The third kappa shape index (κ3) is 3.59. The molecule has 7 nitrogen and oxygen atoms in total. The molecule has 0 amide bonds. The molecule has 0 saturated carbocycles. The Balaban J connectivity index is 2.50. The lowest BCUT2D eigenvalue weighted by Gasteiger charge is -2.02. The smallest absolute Gasteiger partial charge is 0.356 e. The Morgan fingerprint density at radius 3 is 2.47 bits per heavy atom. The lowest BCUT2D eigenvalue weighted by molar-refractivity contribution is -0.136. The minimum atomic E-state index is -1.15. The molecular formula is C8H9N3O4. The molecule has 0 bridgehead atoms. The van der Waals surface area contributed by atoms with Gasteiger partial charge >= 0.3 is 11.9 Å². The summed E-state index contributed by atoms with van der Waals surface area (Å²) < 4.78 is 0. The van der Waals surface area contributed by atoms with E-state index in [4.69, 9.17) is 10.2 Å². The second-order valence-corrected chi connectivity index (χ2v) is 2.66. The van der Waals surface area contributed by atoms with Crippen LogP contribution < -0.4 is 5.32 Å². The first-order chi connectivity index (χ1) is 7.09. The fourth-order valence-electron chi connectivity index (χ4n) is 0.827. The van der Waals surface area contributed by atoms with Gasteiger partial charge in [0.1, 0.15) is 5.82 Å². The number of carbonyl (C=O) groups is 2. The molecule has 0 unspecified atom stereocenters. The zero-order chi connectivity index (χ0) is 11.3. The summed E-state index contributed by atoms with van der Waals surface area (Å²) in [6.07, 6.45) is 2.30. The maximum absolute atomic E-state index is 10.4. The Bertz CT molecular complexity index is 363. The van der Waals surface area contributed by atoms with E-state index >= 15 is 0 Å². The zero-order valence-electron chi connectivity index (χ0n) is 7.67. The predicted octanol–water partition coefficient (Wildman–Crippen LogP) is 0.0614. The van der Waals surface area contributed by atoms with Crippen molar-refractivity contribution in [2.75, 3.05) is 11.9 Å². The van der Waals surface area contributed by atoms with Gasteiger partial charge in [0.15, 0.2) is 5.69 Å². The number of hydrogen-bond donors (Lipinski definition) is 3. The van der Waals surface area contributed by atoms with Crippen molar-refractivity contribution in [1.29, 1.82) is 0 Å². The fourth-order valence-corrected chi connectivity index (χ4v) is 0.827. The third-order valence-corrected chi connectivity index (χ3v) is 1.52. The van der Waals surface area contributed by atoms with E-state index in [2.05, 4.69) is 15.3 Å². The van der Waals surface area contributed by atoms with Crippen molar-refractivity contribution in [3.8, 4) is 0 Å². The van der Waals surface area contributed by atoms with Gasteiger partial charge in [-0.2, -0.15) is 0 Å². The summed E-state index contributed by atoms with van der Waals surface area (Å²) in [6.45, 7) is 0.219. The minimum absolute atomic E-state index is 0.0393. The fraction of sp³-hybridized carbons (Fsp3) is 0.250. The van der Waals surface area contributed by atoms with E-state index in [1.165, 1.54) is 6.20 Å². The van der Waals surface area contributed by atoms with Gasteiger partial charge in [-0.25, -0.2) is 14.8 Å². The van der Waals surface area contributed by atoms with Gasteiger partial charge in [-0.3, -0.25) is 4.79 Å². The van der Waals surface area contributed by atoms with Crippen LogP contribution in [0, 0.1) is 0 Å². The van der Waals surface area contributed by atoms with Crippen LogP contribution in [0.25, 0.3) is 0 Å². The number of aromatic nitrogens is 2. The molecule has 0 atom stereocenters. The summed E-state index contributed by atoms with van der Waals surface area (Å²) in [5.74, 6) is -1.72. The van der Waals surface area contributed by atoms with Gasteiger partial charge in [-0.15, -0.1) is 0 Å². The van der Waals surface area contributed by atoms with Crippen molar-refractivity contribution in [2.45, 2.75) is 6.42 Å². The minimum Gasteiger partial charge on any atom is -0.481 e. The Labute approximate surface area is 84.8 Å². The highest BCUT2D eigenvalue weighted by Crippen LogP contribution is 2.00. The van der Waals surface area contributed by atoms with E-state index in [0.29, 0.717) is 5.82 Å². The molecule has 0 aliphatic rings. The van der Waals surface area contributed by atoms with Crippen molar-refractivity contribution >= 4 is 17.8 Å². The van der Waals surface area contributed by atoms with Crippen molar-refractivity contribution in [3.05, 3.63) is 18.1 Å². The molecule has 0 radical (unpaired) electrons. The molecule has 80 valence electrons. The number of nitrogens with zero attached hydrogens (tertiary/aromatic N) is 2. The van der Waals surface area contributed by atoms with Crippen LogP contribution >= 0.6 is 0 Å². The summed E-state index contributed by atoms with van der Waals surface area (Å²) in [4.78, 5) is 27.9. The summed E-state index contributed by atoms with van der Waals surface area (Å²) in [5.41, 5.74) is -0.154. The Hall–Kier alpha value is -2.18. The van der Waals surface area contributed by atoms with E-state index in [1.807, 2.05) is 0 Å². The van der Waals surface area contributed by atoms with Gasteiger partial charge in [0.05, 0.1) is 18.8 Å². The topological polar surface area (TPSA) is 112 Å². The van der Waals surface area contributed by atoms with Gasteiger partial charge < -0.3 is 15.5 Å². The van der Waals surface area contributed by atoms with Gasteiger partial charge in [-0.1, -0.05) is 0 Å². The van der Waals surface area contributed by atoms with Crippen LogP contribution in [-0.4, -0.2) is 38.7 Å². The first kappa shape index (κ1) is 10.9. The quantitative estimate of drug-likeness (QED) is 0.631. The number of rotatable bonds is 5. The number of aliphatic carboxylic acids is 1. The van der Waals surface area contributed by atoms with Crippen LogP contribution in [-0.2, 0) is 4.79 Å². The summed E-state index contributed by atoms with van der Waals surface area (Å²) in [5, 5.41) is 19.6. The van der Waals surface area contributed by atoms with E-state index in [-0.39, 0.29) is 18.7 Å². The largest absolute Gasteiger partial charge is 0.481 e. The van der Waals surface area contributed by atoms with Crippen molar-refractivity contribution < 1.29 is 19.8 Å². The van der Waals surface area contributed by atoms with Crippen LogP contribution in [0.4, 0.5) is 5.82 Å². The molecule has 0 saturated heterocycles. The number of carboxylic acid groups (broad SMARTS) is 2. The van der Waals surface area contributed by atoms with Crippen LogP contribution in [0.1, 0.15) is 16.9 Å². The maximum atomic E-state index is 10.4. The van der Waals surface area contributed by atoms with Gasteiger partial charge in [0.25, 0.3) is 0 Å². The molecule has 7 heteroatoms. The number of aromatic carboxylic acids is 1. The highest BCUT2D eigenvalue weighted by molar-refractivity contribution is 5.84. The predicted molar refractivity (Wildman–Crippen MR) is 49.7 cm³/mol. The van der Waals surface area contributed by atoms with Crippen LogP contribution in [0.2, 0.25) is 0 Å². The molecule has 0 aliphatic carbocycles. The summed E-state index contributed by atoms with van der Waals surface area (Å²) >= 11 is 0. The third-order valence-electron chi connectivity index (χ3n) is 1.52. The standard InChI is InChI=1S/C8H9N3O4/c12-7(13)1-2-9-6-4-10-5(3-11-6)8(14)15/h3-4H,1-2H2,(H,9,11)(H,12,13)(H,14,15). The lowest BCUT2D eigenvalue weighted by Crippen LogP contribution is -2.09. The number of hydrogen-bond acceptors (Lipinski definition) is 5. The Kier molecular flexibility index (Phi) is 3.55. The Morgan fingerprint density at radius 1 is 1.27 bits per heavy atom. The van der Waals surface area contributed by atoms with Crippen molar-refractivity contribution in [1.82, 2.24) is 9.97 Å². The lowest BCUT2D eigenvalue weighted by atomic mass is 10.4. The van der Waals surface area contributed by atoms with E-state index in [9.17, 15) is 9.59 Å². The van der Waals surface area contributed by atoms with Crippen molar-refractivity contribution in [3.63, 3.8) is 0 Å². The van der Waals surface area contributed by atoms with Gasteiger partial charge in [0, 0.05) is 6.54 Å². The summed E-state index contributed by atoms with van der Waals surface area (Å²) in [6, 6.07) is 0. The zero-order valence-corrected chi connectivity index (χ0v) is 7.67. The normalized spacial score (nSPS) is 9.60. The molecule has 0 aromatic carbocycles. The molecule has 1 aromatic heterocycles. The monoisotopic (exact) mass is 211 g/mol. The molecule has 3 N–H and O–H groups in total. The van der Waals surface area contributed by atoms with E-state index in [0.717, 1.165) is 6.20 Å². The van der Waals surface area contributed by atoms with Crippen LogP contribution in [0.15, 0.2) is 12.4 Å². The maximum Gasteiger partial charge on any atom is 0.356 e. The average Bonchev–Trinajstić information content (AvgIpc) is 2.18.